The van der Waals surface area contributed by atoms with Crippen molar-refractivity contribution in [2.24, 2.45) is 0 Å². The molecule has 0 radical (unpaired) electrons. The van der Waals surface area contributed by atoms with Crippen LogP contribution >= 0.6 is 0 Å². The van der Waals surface area contributed by atoms with E-state index in [-0.39, 0.29) is 18.2 Å². The van der Waals surface area contributed by atoms with Gasteiger partial charge in [0.05, 0.1) is 27.3 Å². The molecule has 0 bridgehead atoms. The Morgan fingerprint density at radius 2 is 1.71 bits per heavy atom. The number of nitrogens with one attached hydrogen (secondary N) is 1. The molecule has 0 aliphatic heterocycles. The number of ether oxygens (including phenoxy) is 1. The fourth-order valence-corrected chi connectivity index (χ4v) is 2.93. The first kappa shape index (κ1) is 17.9. The van der Waals surface area contributed by atoms with Crippen molar-refractivity contribution in [3.63, 3.8) is 0 Å². The standard InChI is InChI=1S/C18H19NO4S/c1-13(14-8-4-3-5-9-14)19-17(20)12-23-18(21)15-10-6-7-11-16(15)24(2)22/h3-11,13H,12H2,1-2H3,(H,19,20)/t13-,24+/m0/s1. The van der Waals surface area contributed by atoms with E-state index in [0.29, 0.717) is 4.90 Å². The minimum Gasteiger partial charge on any atom is -0.452 e. The number of hydrogen-bond acceptors (Lipinski definition) is 4. The van der Waals surface area contributed by atoms with Gasteiger partial charge in [0.2, 0.25) is 0 Å². The Balaban J connectivity index is 1.92. The van der Waals surface area contributed by atoms with E-state index in [1.165, 1.54) is 12.3 Å². The second-order valence-corrected chi connectivity index (χ2v) is 6.57. The van der Waals surface area contributed by atoms with Gasteiger partial charge in [0.25, 0.3) is 5.91 Å². The highest BCUT2D eigenvalue weighted by atomic mass is 32.2. The summed E-state index contributed by atoms with van der Waals surface area (Å²) in [5.41, 5.74) is 1.17. The topological polar surface area (TPSA) is 72.5 Å². The molecule has 2 aromatic rings. The van der Waals surface area contributed by atoms with Gasteiger partial charge in [-0.05, 0) is 24.6 Å². The molecule has 0 aliphatic rings. The van der Waals surface area contributed by atoms with Gasteiger partial charge in [-0.1, -0.05) is 42.5 Å². The summed E-state index contributed by atoms with van der Waals surface area (Å²) in [7, 11) is -1.31. The molecule has 0 spiro atoms. The lowest BCUT2D eigenvalue weighted by Gasteiger charge is -2.14. The molecule has 2 rings (SSSR count). The number of hydrogen-bond donors (Lipinski definition) is 1. The Morgan fingerprint density at radius 3 is 2.38 bits per heavy atom. The van der Waals surface area contributed by atoms with Crippen LogP contribution in [0.15, 0.2) is 59.5 Å². The molecule has 0 saturated heterocycles. The van der Waals surface area contributed by atoms with Gasteiger partial charge in [0.1, 0.15) is 0 Å². The highest BCUT2D eigenvalue weighted by molar-refractivity contribution is 7.84. The average molecular weight is 345 g/mol. The average Bonchev–Trinajstić information content (AvgIpc) is 2.60. The van der Waals surface area contributed by atoms with E-state index in [0.717, 1.165) is 5.56 Å². The van der Waals surface area contributed by atoms with Gasteiger partial charge in [0.15, 0.2) is 6.61 Å². The summed E-state index contributed by atoms with van der Waals surface area (Å²) >= 11 is 0. The quantitative estimate of drug-likeness (QED) is 0.816. The Hall–Kier alpha value is -2.47. The van der Waals surface area contributed by atoms with Crippen molar-refractivity contribution in [3.8, 4) is 0 Å². The van der Waals surface area contributed by atoms with Crippen LogP contribution in [0.3, 0.4) is 0 Å². The first-order valence-corrected chi connectivity index (χ1v) is 8.98. The molecule has 0 fully saturated rings. The third-order valence-electron chi connectivity index (χ3n) is 3.43. The van der Waals surface area contributed by atoms with Crippen LogP contribution in [-0.4, -0.2) is 28.9 Å². The first-order valence-electron chi connectivity index (χ1n) is 7.43. The van der Waals surface area contributed by atoms with E-state index in [4.69, 9.17) is 4.74 Å². The molecule has 1 amide bonds. The minimum absolute atomic E-state index is 0.187. The molecule has 5 nitrogen and oxygen atoms in total. The van der Waals surface area contributed by atoms with Gasteiger partial charge in [-0.15, -0.1) is 0 Å². The summed E-state index contributed by atoms with van der Waals surface area (Å²) in [5.74, 6) is -1.06. The summed E-state index contributed by atoms with van der Waals surface area (Å²) in [4.78, 5) is 24.4. The van der Waals surface area contributed by atoms with E-state index in [1.54, 1.807) is 18.2 Å². The Kier molecular flexibility index (Phi) is 6.26. The minimum atomic E-state index is -1.31. The number of amides is 1. The van der Waals surface area contributed by atoms with Crippen molar-refractivity contribution >= 4 is 22.7 Å². The van der Waals surface area contributed by atoms with Crippen LogP contribution < -0.4 is 5.32 Å². The molecule has 0 unspecified atom stereocenters. The van der Waals surface area contributed by atoms with Crippen molar-refractivity contribution in [1.29, 1.82) is 0 Å². The van der Waals surface area contributed by atoms with Crippen molar-refractivity contribution in [2.75, 3.05) is 12.9 Å². The molecule has 2 atom stereocenters. The van der Waals surface area contributed by atoms with Crippen molar-refractivity contribution in [1.82, 2.24) is 5.32 Å². The van der Waals surface area contributed by atoms with Crippen LogP contribution in [-0.2, 0) is 20.3 Å². The van der Waals surface area contributed by atoms with Gasteiger partial charge in [-0.25, -0.2) is 4.79 Å². The Bertz CT molecular complexity index is 746. The monoisotopic (exact) mass is 345 g/mol. The fraction of sp³-hybridized carbons (Fsp3) is 0.222. The predicted octanol–water partition coefficient (Wildman–Crippen LogP) is 2.46. The van der Waals surface area contributed by atoms with E-state index in [1.807, 2.05) is 37.3 Å². The van der Waals surface area contributed by atoms with Crippen LogP contribution in [0.25, 0.3) is 0 Å². The van der Waals surface area contributed by atoms with E-state index in [9.17, 15) is 13.8 Å². The van der Waals surface area contributed by atoms with Gasteiger partial charge in [0, 0.05) is 6.26 Å². The number of carbonyl (C=O) groups excluding carboxylic acids is 2. The van der Waals surface area contributed by atoms with Crippen LogP contribution in [0.5, 0.6) is 0 Å². The highest BCUT2D eigenvalue weighted by Crippen LogP contribution is 2.14. The van der Waals surface area contributed by atoms with Crippen LogP contribution in [0, 0.1) is 0 Å². The molecular weight excluding hydrogens is 326 g/mol. The van der Waals surface area contributed by atoms with Crippen LogP contribution in [0.2, 0.25) is 0 Å². The molecule has 0 aliphatic carbocycles. The van der Waals surface area contributed by atoms with Crippen LogP contribution in [0.1, 0.15) is 28.9 Å². The van der Waals surface area contributed by atoms with E-state index >= 15 is 0 Å². The molecular formula is C18H19NO4S. The molecule has 0 heterocycles. The Morgan fingerprint density at radius 1 is 1.08 bits per heavy atom. The number of carbonyl (C=O) groups is 2. The van der Waals surface area contributed by atoms with Gasteiger partial charge >= 0.3 is 5.97 Å². The summed E-state index contributed by atoms with van der Waals surface area (Å²) in [6.45, 7) is 1.46. The third kappa shape index (κ3) is 4.76. The second kappa shape index (κ2) is 8.40. The lowest BCUT2D eigenvalue weighted by Crippen LogP contribution is -2.31. The zero-order chi connectivity index (χ0) is 17.5. The first-order chi connectivity index (χ1) is 11.5. The lowest BCUT2D eigenvalue weighted by atomic mass is 10.1. The SMILES string of the molecule is C[C@H](NC(=O)COC(=O)c1ccccc1[S@@](C)=O)c1ccccc1. The zero-order valence-corrected chi connectivity index (χ0v) is 14.3. The summed E-state index contributed by atoms with van der Waals surface area (Å²) < 4.78 is 16.7. The maximum atomic E-state index is 12.1. The maximum Gasteiger partial charge on any atom is 0.339 e. The van der Waals surface area contributed by atoms with Crippen LogP contribution in [0.4, 0.5) is 0 Å². The summed E-state index contributed by atoms with van der Waals surface area (Å²) in [5, 5.41) is 2.76. The highest BCUT2D eigenvalue weighted by Gasteiger charge is 2.17. The van der Waals surface area contributed by atoms with Gasteiger partial charge in [-0.3, -0.25) is 9.00 Å². The fourth-order valence-electron chi connectivity index (χ4n) is 2.20. The van der Waals surface area contributed by atoms with E-state index in [2.05, 4.69) is 5.32 Å². The molecule has 126 valence electrons. The Labute approximate surface area is 143 Å². The summed E-state index contributed by atoms with van der Waals surface area (Å²) in [6.07, 6.45) is 1.49. The molecule has 0 aromatic heterocycles. The normalized spacial score (nSPS) is 12.9. The molecule has 0 saturated carbocycles. The van der Waals surface area contributed by atoms with Crippen molar-refractivity contribution in [2.45, 2.75) is 17.9 Å². The number of benzene rings is 2. The zero-order valence-electron chi connectivity index (χ0n) is 13.5. The van der Waals surface area contributed by atoms with Gasteiger partial charge in [-0.2, -0.15) is 0 Å². The predicted molar refractivity (Wildman–Crippen MR) is 92.1 cm³/mol. The number of esters is 1. The van der Waals surface area contributed by atoms with E-state index < -0.39 is 22.7 Å². The van der Waals surface area contributed by atoms with Crippen molar-refractivity contribution in [3.05, 3.63) is 65.7 Å². The molecule has 1 N–H and O–H groups in total. The third-order valence-corrected chi connectivity index (χ3v) is 4.40. The van der Waals surface area contributed by atoms with Crippen molar-refractivity contribution < 1.29 is 18.5 Å². The smallest absolute Gasteiger partial charge is 0.339 e. The number of rotatable bonds is 6. The molecule has 24 heavy (non-hydrogen) atoms. The van der Waals surface area contributed by atoms with Gasteiger partial charge < -0.3 is 10.1 Å². The largest absolute Gasteiger partial charge is 0.452 e. The molecule has 6 heteroatoms. The maximum absolute atomic E-state index is 12.1. The molecule has 2 aromatic carbocycles. The lowest BCUT2D eigenvalue weighted by molar-refractivity contribution is -0.124. The second-order valence-electron chi connectivity index (χ2n) is 5.23. The summed E-state index contributed by atoms with van der Waals surface area (Å²) in [6, 6.07) is 15.8.